The number of piperazine rings is 1. The first-order valence-corrected chi connectivity index (χ1v) is 11.0. The van der Waals surface area contributed by atoms with E-state index in [1.165, 1.54) is 0 Å². The van der Waals surface area contributed by atoms with E-state index in [0.717, 1.165) is 22.8 Å². The lowest BCUT2D eigenvalue weighted by molar-refractivity contribution is -0.896. The molecule has 9 nitrogen and oxygen atoms in total. The maximum absolute atomic E-state index is 12.9. The number of amides is 5. The number of nitrogens with zero attached hydrogens (tertiary/aromatic N) is 2. The van der Waals surface area contributed by atoms with E-state index in [9.17, 15) is 19.2 Å². The molecule has 2 aliphatic heterocycles. The molecule has 1 spiro atoms. The molecule has 4 rings (SSSR count). The van der Waals surface area contributed by atoms with Gasteiger partial charge in [0.05, 0.1) is 26.2 Å². The zero-order valence-corrected chi connectivity index (χ0v) is 17.9. The van der Waals surface area contributed by atoms with Gasteiger partial charge in [-0.15, -0.1) is 0 Å². The van der Waals surface area contributed by atoms with Gasteiger partial charge >= 0.3 is 6.03 Å². The molecular formula is C22H30N5O4+. The van der Waals surface area contributed by atoms with Gasteiger partial charge in [-0.1, -0.05) is 25.1 Å². The Balaban J connectivity index is 1.27. The Morgan fingerprint density at radius 2 is 1.77 bits per heavy atom. The summed E-state index contributed by atoms with van der Waals surface area (Å²) in [5, 5.41) is 3.66. The molecule has 3 fully saturated rings. The van der Waals surface area contributed by atoms with Crippen LogP contribution in [0.25, 0.3) is 0 Å². The van der Waals surface area contributed by atoms with Crippen molar-refractivity contribution in [3.8, 4) is 0 Å². The molecule has 0 aromatic heterocycles. The highest BCUT2D eigenvalue weighted by molar-refractivity contribution is 6.08. The van der Waals surface area contributed by atoms with Gasteiger partial charge in [0.15, 0.2) is 6.54 Å². The molecule has 3 N–H and O–H groups in total. The van der Waals surface area contributed by atoms with Crippen molar-refractivity contribution >= 4 is 23.8 Å². The largest absolute Gasteiger partial charge is 0.344 e. The van der Waals surface area contributed by atoms with Crippen LogP contribution in [0.15, 0.2) is 30.3 Å². The minimum Gasteiger partial charge on any atom is -0.327 e. The van der Waals surface area contributed by atoms with E-state index >= 15 is 0 Å². The van der Waals surface area contributed by atoms with E-state index in [4.69, 9.17) is 0 Å². The second-order valence-electron chi connectivity index (χ2n) is 8.96. The normalized spacial score (nSPS) is 26.8. The number of quaternary nitrogens is 1. The summed E-state index contributed by atoms with van der Waals surface area (Å²) in [5.74, 6) is -0.195. The number of urea groups is 1. The number of hydrogen-bond donors (Lipinski definition) is 3. The number of hydrogen-bond acceptors (Lipinski definition) is 4. The topological polar surface area (TPSA) is 103 Å². The number of hydrazine groups is 1. The van der Waals surface area contributed by atoms with Crippen LogP contribution in [-0.2, 0) is 9.59 Å². The van der Waals surface area contributed by atoms with E-state index in [2.05, 4.69) is 17.7 Å². The van der Waals surface area contributed by atoms with Crippen LogP contribution in [0.4, 0.5) is 4.79 Å². The van der Waals surface area contributed by atoms with E-state index in [-0.39, 0.29) is 24.3 Å². The van der Waals surface area contributed by atoms with Crippen LogP contribution < -0.4 is 15.6 Å². The molecule has 2 saturated heterocycles. The minimum atomic E-state index is -0.868. The lowest BCUT2D eigenvalue weighted by Gasteiger charge is -2.33. The van der Waals surface area contributed by atoms with Gasteiger partial charge in [0.25, 0.3) is 17.7 Å². The molecule has 166 valence electrons. The highest BCUT2D eigenvalue weighted by Crippen LogP contribution is 2.35. The van der Waals surface area contributed by atoms with Gasteiger partial charge in [0.2, 0.25) is 0 Å². The Kier molecular flexibility index (Phi) is 5.95. The number of carbonyl (C=O) groups excluding carboxylic acids is 4. The van der Waals surface area contributed by atoms with Gasteiger partial charge in [-0.2, -0.15) is 5.01 Å². The molecule has 0 radical (unpaired) electrons. The Labute approximate surface area is 181 Å². The molecule has 2 heterocycles. The third-order valence-corrected chi connectivity index (χ3v) is 6.72. The van der Waals surface area contributed by atoms with E-state index in [0.29, 0.717) is 50.5 Å². The van der Waals surface area contributed by atoms with Gasteiger partial charge in [-0.25, -0.2) is 4.79 Å². The van der Waals surface area contributed by atoms with Crippen LogP contribution in [0.1, 0.15) is 43.0 Å². The molecule has 1 aliphatic carbocycles. The highest BCUT2D eigenvalue weighted by atomic mass is 16.2. The number of benzene rings is 1. The van der Waals surface area contributed by atoms with Crippen molar-refractivity contribution in [1.82, 2.24) is 20.7 Å². The summed E-state index contributed by atoms with van der Waals surface area (Å²) in [6.45, 7) is 4.67. The Hall–Kier alpha value is -2.94. The fourth-order valence-corrected chi connectivity index (χ4v) is 4.67. The predicted molar refractivity (Wildman–Crippen MR) is 112 cm³/mol. The smallest absolute Gasteiger partial charge is 0.327 e. The second kappa shape index (κ2) is 8.66. The summed E-state index contributed by atoms with van der Waals surface area (Å²) in [5.41, 5.74) is 2.29. The molecule has 5 amide bonds. The third-order valence-electron chi connectivity index (χ3n) is 6.72. The van der Waals surface area contributed by atoms with Gasteiger partial charge < -0.3 is 15.1 Å². The summed E-state index contributed by atoms with van der Waals surface area (Å²) in [4.78, 5) is 53.1. The number of nitrogens with one attached hydrogen (secondary N) is 3. The average Bonchev–Trinajstić information content (AvgIpc) is 3.00. The second-order valence-corrected chi connectivity index (χ2v) is 8.96. The Bertz CT molecular complexity index is 858. The molecule has 1 aromatic rings. The van der Waals surface area contributed by atoms with Crippen molar-refractivity contribution in [2.75, 3.05) is 32.7 Å². The lowest BCUT2D eigenvalue weighted by atomic mass is 9.77. The maximum Gasteiger partial charge on any atom is 0.344 e. The van der Waals surface area contributed by atoms with Gasteiger partial charge in [-0.05, 0) is 43.7 Å². The SMILES string of the molecule is CC1CCC2(CC1)NC(=O)N(NC(=O)C[NH+]1CCN(C(=O)c3ccccc3)CC1)C2=O. The van der Waals surface area contributed by atoms with Crippen molar-refractivity contribution in [3.05, 3.63) is 35.9 Å². The fourth-order valence-electron chi connectivity index (χ4n) is 4.67. The van der Waals surface area contributed by atoms with E-state index in [1.807, 2.05) is 18.2 Å². The first kappa shape index (κ1) is 21.3. The standard InChI is InChI=1S/C22H29N5O4/c1-16-7-9-22(10-8-16)20(30)27(21(31)23-22)24-18(28)15-25-11-13-26(14-12-25)19(29)17-5-3-2-4-6-17/h2-6,16H,7-15H2,1H3,(H,23,31)(H,24,28)/p+1. The van der Waals surface area contributed by atoms with Crippen molar-refractivity contribution in [2.24, 2.45) is 5.92 Å². The zero-order valence-electron chi connectivity index (χ0n) is 17.9. The Morgan fingerprint density at radius 1 is 1.13 bits per heavy atom. The summed E-state index contributed by atoms with van der Waals surface area (Å²) in [7, 11) is 0. The van der Waals surface area contributed by atoms with Crippen LogP contribution in [-0.4, -0.2) is 71.9 Å². The van der Waals surface area contributed by atoms with Crippen molar-refractivity contribution < 1.29 is 24.1 Å². The zero-order chi connectivity index (χ0) is 22.0. The predicted octanol–water partition coefficient (Wildman–Crippen LogP) is -0.441. The molecule has 9 heteroatoms. The summed E-state index contributed by atoms with van der Waals surface area (Å²) < 4.78 is 0. The first-order valence-electron chi connectivity index (χ1n) is 11.0. The average molecular weight is 429 g/mol. The molecule has 31 heavy (non-hydrogen) atoms. The summed E-state index contributed by atoms with van der Waals surface area (Å²) in [6, 6.07) is 8.60. The summed E-state index contributed by atoms with van der Waals surface area (Å²) >= 11 is 0. The third kappa shape index (κ3) is 4.41. The van der Waals surface area contributed by atoms with Crippen LogP contribution >= 0.6 is 0 Å². The highest BCUT2D eigenvalue weighted by Gasteiger charge is 2.53. The molecule has 3 aliphatic rings. The Morgan fingerprint density at radius 3 is 2.42 bits per heavy atom. The van der Waals surface area contributed by atoms with Gasteiger partial charge in [0.1, 0.15) is 5.54 Å². The van der Waals surface area contributed by atoms with Crippen molar-refractivity contribution in [2.45, 2.75) is 38.1 Å². The molecular weight excluding hydrogens is 398 g/mol. The molecule has 0 bridgehead atoms. The van der Waals surface area contributed by atoms with Crippen molar-refractivity contribution in [1.29, 1.82) is 0 Å². The number of imide groups is 1. The molecule has 1 aromatic carbocycles. The fraction of sp³-hybridized carbons (Fsp3) is 0.545. The van der Waals surface area contributed by atoms with Crippen LogP contribution in [0.3, 0.4) is 0 Å². The van der Waals surface area contributed by atoms with Crippen LogP contribution in [0.5, 0.6) is 0 Å². The number of rotatable bonds is 4. The minimum absolute atomic E-state index is 0.00413. The van der Waals surface area contributed by atoms with E-state index in [1.54, 1.807) is 17.0 Å². The van der Waals surface area contributed by atoms with Gasteiger partial charge in [-0.3, -0.25) is 19.8 Å². The van der Waals surface area contributed by atoms with Crippen LogP contribution in [0.2, 0.25) is 0 Å². The first-order chi connectivity index (χ1) is 14.9. The van der Waals surface area contributed by atoms with Crippen LogP contribution in [0, 0.1) is 5.92 Å². The van der Waals surface area contributed by atoms with Gasteiger partial charge in [0, 0.05) is 5.56 Å². The van der Waals surface area contributed by atoms with Crippen molar-refractivity contribution in [3.63, 3.8) is 0 Å². The lowest BCUT2D eigenvalue weighted by Crippen LogP contribution is -3.16. The number of carbonyl (C=O) groups is 4. The molecule has 0 atom stereocenters. The summed E-state index contributed by atoms with van der Waals surface area (Å²) in [6.07, 6.45) is 2.97. The maximum atomic E-state index is 12.9. The molecule has 0 unspecified atom stereocenters. The molecule has 1 saturated carbocycles. The van der Waals surface area contributed by atoms with E-state index < -0.39 is 11.6 Å². The monoisotopic (exact) mass is 428 g/mol. The quantitative estimate of drug-likeness (QED) is 0.566.